The van der Waals surface area contributed by atoms with Crippen LogP contribution in [0.25, 0.3) is 11.3 Å². The summed E-state index contributed by atoms with van der Waals surface area (Å²) in [5, 5.41) is 3.60. The molecule has 128 valence electrons. The molecule has 3 aromatic rings. The predicted molar refractivity (Wildman–Crippen MR) is 103 cm³/mol. The van der Waals surface area contributed by atoms with Gasteiger partial charge >= 0.3 is 0 Å². The molecule has 1 N–H and O–H groups in total. The molecule has 4 nitrogen and oxygen atoms in total. The second-order valence-electron chi connectivity index (χ2n) is 6.02. The third-order valence-corrected chi connectivity index (χ3v) is 6.47. The van der Waals surface area contributed by atoms with Crippen molar-refractivity contribution in [1.82, 2.24) is 4.98 Å². The largest absolute Gasteiger partial charge is 0.497 e. The Morgan fingerprint density at radius 2 is 2.00 bits per heavy atom. The van der Waals surface area contributed by atoms with Crippen molar-refractivity contribution >= 4 is 33.7 Å². The molecule has 0 atom stereocenters. The Morgan fingerprint density at radius 1 is 1.20 bits per heavy atom. The zero-order valence-corrected chi connectivity index (χ0v) is 15.7. The van der Waals surface area contributed by atoms with E-state index in [4.69, 9.17) is 4.74 Å². The maximum atomic E-state index is 12.5. The van der Waals surface area contributed by atoms with E-state index in [1.165, 1.54) is 28.2 Å². The van der Waals surface area contributed by atoms with E-state index in [-0.39, 0.29) is 5.91 Å². The van der Waals surface area contributed by atoms with Gasteiger partial charge in [-0.05, 0) is 62.1 Å². The van der Waals surface area contributed by atoms with Crippen LogP contribution < -0.4 is 10.1 Å². The van der Waals surface area contributed by atoms with E-state index in [9.17, 15) is 4.79 Å². The lowest BCUT2D eigenvalue weighted by Gasteiger charge is -2.02. The molecule has 25 heavy (non-hydrogen) atoms. The average molecular weight is 370 g/mol. The zero-order valence-electron chi connectivity index (χ0n) is 14.1. The van der Waals surface area contributed by atoms with E-state index < -0.39 is 0 Å². The number of benzene rings is 1. The molecule has 1 aliphatic rings. The summed E-state index contributed by atoms with van der Waals surface area (Å²) in [7, 11) is 1.65. The Kier molecular flexibility index (Phi) is 4.31. The van der Waals surface area contributed by atoms with Gasteiger partial charge in [-0.2, -0.15) is 0 Å². The van der Waals surface area contributed by atoms with Gasteiger partial charge in [0.25, 0.3) is 5.91 Å². The van der Waals surface area contributed by atoms with Crippen LogP contribution in [0.15, 0.2) is 30.3 Å². The second-order valence-corrected chi connectivity index (χ2v) is 8.36. The molecule has 2 aromatic heterocycles. The number of carbonyl (C=O) groups excluding carboxylic acids is 1. The Morgan fingerprint density at radius 3 is 2.72 bits per heavy atom. The molecule has 1 aromatic carbocycles. The van der Waals surface area contributed by atoms with Crippen molar-refractivity contribution in [2.75, 3.05) is 12.4 Å². The van der Waals surface area contributed by atoms with Gasteiger partial charge in [0.1, 0.15) is 5.75 Å². The summed E-state index contributed by atoms with van der Waals surface area (Å²) in [5.74, 6) is 0.755. The number of aromatic nitrogens is 1. The summed E-state index contributed by atoms with van der Waals surface area (Å²) in [5.41, 5.74) is 3.26. The van der Waals surface area contributed by atoms with Crippen LogP contribution in [0.5, 0.6) is 5.75 Å². The highest BCUT2D eigenvalue weighted by Crippen LogP contribution is 2.33. The first-order chi connectivity index (χ1) is 12.1. The Bertz CT molecular complexity index is 904. The molecule has 1 amide bonds. The minimum atomic E-state index is -0.0607. The van der Waals surface area contributed by atoms with E-state index in [0.29, 0.717) is 5.13 Å². The highest BCUT2D eigenvalue weighted by Gasteiger charge is 2.19. The third kappa shape index (κ3) is 3.19. The number of anilines is 1. The molecular formula is C19H18N2O2S2. The third-order valence-electron chi connectivity index (χ3n) is 4.35. The van der Waals surface area contributed by atoms with Crippen LogP contribution in [0.3, 0.4) is 0 Å². The number of thiophene rings is 1. The topological polar surface area (TPSA) is 51.2 Å². The van der Waals surface area contributed by atoms with Crippen LogP contribution in [-0.2, 0) is 12.8 Å². The van der Waals surface area contributed by atoms with E-state index >= 15 is 0 Å². The number of nitrogens with one attached hydrogen (secondary N) is 1. The van der Waals surface area contributed by atoms with Crippen LogP contribution in [-0.4, -0.2) is 18.0 Å². The van der Waals surface area contributed by atoms with Gasteiger partial charge in [-0.25, -0.2) is 4.98 Å². The highest BCUT2D eigenvalue weighted by molar-refractivity contribution is 7.16. The van der Waals surface area contributed by atoms with Gasteiger partial charge in [-0.15, -0.1) is 22.7 Å². The smallest absolute Gasteiger partial charge is 0.267 e. The first-order valence-electron chi connectivity index (χ1n) is 8.19. The van der Waals surface area contributed by atoms with E-state index in [1.807, 2.05) is 37.3 Å². The number of rotatable bonds is 4. The number of fused-ring (bicyclic) bond motifs is 1. The molecule has 0 saturated heterocycles. The number of methoxy groups -OCH3 is 1. The van der Waals surface area contributed by atoms with Crippen LogP contribution in [0.2, 0.25) is 0 Å². The molecule has 0 unspecified atom stereocenters. The lowest BCUT2D eigenvalue weighted by atomic mass is 10.1. The van der Waals surface area contributed by atoms with Gasteiger partial charge in [-0.3, -0.25) is 10.1 Å². The van der Waals surface area contributed by atoms with Crippen molar-refractivity contribution in [1.29, 1.82) is 0 Å². The summed E-state index contributed by atoms with van der Waals surface area (Å²) in [4.78, 5) is 20.3. The van der Waals surface area contributed by atoms with Crippen molar-refractivity contribution < 1.29 is 9.53 Å². The van der Waals surface area contributed by atoms with Gasteiger partial charge in [0.2, 0.25) is 0 Å². The summed E-state index contributed by atoms with van der Waals surface area (Å²) < 4.78 is 5.19. The zero-order chi connectivity index (χ0) is 17.4. The van der Waals surface area contributed by atoms with Gasteiger partial charge in [0.05, 0.1) is 17.7 Å². The Balaban J connectivity index is 1.53. The SMILES string of the molecule is COc1ccc(-c2nc(NC(=O)c3cc4c(s3)CCC4)sc2C)cc1. The first-order valence-corrected chi connectivity index (χ1v) is 9.82. The standard InChI is InChI=1S/C19H18N2O2S2/c1-11-17(12-6-8-14(23-2)9-7-12)20-19(24-11)21-18(22)16-10-13-4-3-5-15(13)25-16/h6-10H,3-5H2,1-2H3,(H,20,21,22). The fourth-order valence-electron chi connectivity index (χ4n) is 3.07. The van der Waals surface area contributed by atoms with Gasteiger partial charge in [-0.1, -0.05) is 0 Å². The Hall–Kier alpha value is -2.18. The van der Waals surface area contributed by atoms with Gasteiger partial charge in [0.15, 0.2) is 5.13 Å². The van der Waals surface area contributed by atoms with Gasteiger partial charge < -0.3 is 4.74 Å². The normalized spacial score (nSPS) is 12.9. The van der Waals surface area contributed by atoms with E-state index in [0.717, 1.165) is 39.6 Å². The van der Waals surface area contributed by atoms with Gasteiger partial charge in [0, 0.05) is 15.3 Å². The predicted octanol–water partition coefficient (Wildman–Crippen LogP) is 4.93. The molecule has 0 aliphatic heterocycles. The van der Waals surface area contributed by atoms with E-state index in [2.05, 4.69) is 10.3 Å². The number of amides is 1. The summed E-state index contributed by atoms with van der Waals surface area (Å²) >= 11 is 3.11. The molecule has 0 bridgehead atoms. The molecular weight excluding hydrogens is 352 g/mol. The molecule has 6 heteroatoms. The number of hydrogen-bond donors (Lipinski definition) is 1. The molecule has 0 radical (unpaired) electrons. The van der Waals surface area contributed by atoms with E-state index in [1.54, 1.807) is 18.4 Å². The van der Waals surface area contributed by atoms with Crippen LogP contribution >= 0.6 is 22.7 Å². The number of hydrogen-bond acceptors (Lipinski definition) is 5. The number of thiazole rings is 1. The monoisotopic (exact) mass is 370 g/mol. The molecule has 0 spiro atoms. The van der Waals surface area contributed by atoms with Crippen molar-refractivity contribution in [2.24, 2.45) is 0 Å². The van der Waals surface area contributed by atoms with Crippen LogP contribution in [0, 0.1) is 6.92 Å². The maximum absolute atomic E-state index is 12.5. The number of aryl methyl sites for hydroxylation is 3. The molecule has 2 heterocycles. The fourth-order valence-corrected chi connectivity index (χ4v) is 5.05. The highest BCUT2D eigenvalue weighted by atomic mass is 32.1. The average Bonchev–Trinajstić information content (AvgIpc) is 3.29. The number of nitrogens with zero attached hydrogens (tertiary/aromatic N) is 1. The maximum Gasteiger partial charge on any atom is 0.267 e. The van der Waals surface area contributed by atoms with Crippen LogP contribution in [0.1, 0.15) is 31.4 Å². The minimum absolute atomic E-state index is 0.0607. The van der Waals surface area contributed by atoms with Crippen molar-refractivity contribution in [3.63, 3.8) is 0 Å². The summed E-state index contributed by atoms with van der Waals surface area (Å²) in [6.07, 6.45) is 3.41. The lowest BCUT2D eigenvalue weighted by Crippen LogP contribution is -2.09. The fraction of sp³-hybridized carbons (Fsp3) is 0.263. The Labute approximate surface area is 154 Å². The van der Waals surface area contributed by atoms with Crippen molar-refractivity contribution in [3.8, 4) is 17.0 Å². The van der Waals surface area contributed by atoms with Crippen molar-refractivity contribution in [2.45, 2.75) is 26.2 Å². The number of carbonyl (C=O) groups is 1. The van der Waals surface area contributed by atoms with Crippen molar-refractivity contribution in [3.05, 3.63) is 50.5 Å². The molecule has 1 aliphatic carbocycles. The summed E-state index contributed by atoms with van der Waals surface area (Å²) in [6, 6.07) is 9.83. The summed E-state index contributed by atoms with van der Waals surface area (Å²) in [6.45, 7) is 2.02. The molecule has 0 saturated carbocycles. The molecule has 4 rings (SSSR count). The molecule has 0 fully saturated rings. The number of ether oxygens (including phenoxy) is 1. The van der Waals surface area contributed by atoms with Crippen LogP contribution in [0.4, 0.5) is 5.13 Å². The minimum Gasteiger partial charge on any atom is -0.497 e. The quantitative estimate of drug-likeness (QED) is 0.708. The lowest BCUT2D eigenvalue weighted by molar-refractivity contribution is 0.103. The second kappa shape index (κ2) is 6.61. The first kappa shape index (κ1) is 16.3.